The van der Waals surface area contributed by atoms with Gasteiger partial charge in [0.2, 0.25) is 0 Å². The first kappa shape index (κ1) is 13.2. The van der Waals surface area contributed by atoms with Gasteiger partial charge < -0.3 is 10.3 Å². The lowest BCUT2D eigenvalue weighted by molar-refractivity contribution is 0.150. The van der Waals surface area contributed by atoms with E-state index in [-0.39, 0.29) is 12.1 Å². The zero-order valence-corrected chi connectivity index (χ0v) is 11.0. The molecule has 6 heteroatoms. The largest absolute Gasteiger partial charge is 0.333 e. The number of rotatable bonds is 3. The van der Waals surface area contributed by atoms with Crippen LogP contribution in [0.15, 0.2) is 30.6 Å². The van der Waals surface area contributed by atoms with Crippen molar-refractivity contribution in [2.24, 2.45) is 5.73 Å². The second kappa shape index (κ2) is 5.30. The van der Waals surface area contributed by atoms with Gasteiger partial charge in [-0.05, 0) is 12.1 Å². The molecule has 2 aromatic rings. The lowest BCUT2D eigenvalue weighted by Gasteiger charge is -2.34. The third kappa shape index (κ3) is 2.21. The number of halogens is 2. The maximum Gasteiger partial charge on any atom is 0.130 e. The smallest absolute Gasteiger partial charge is 0.130 e. The Hall–Kier alpha value is -1.79. The topological polar surface area (TPSA) is 47.1 Å². The molecule has 1 aromatic heterocycles. The molecule has 4 nitrogen and oxygen atoms in total. The summed E-state index contributed by atoms with van der Waals surface area (Å²) in [7, 11) is 0. The highest BCUT2D eigenvalue weighted by atomic mass is 19.1. The van der Waals surface area contributed by atoms with Gasteiger partial charge in [0.15, 0.2) is 0 Å². The van der Waals surface area contributed by atoms with Gasteiger partial charge in [-0.3, -0.25) is 4.90 Å². The minimum absolute atomic E-state index is 0.0509. The molecular weight excluding hydrogens is 262 g/mol. The van der Waals surface area contributed by atoms with Crippen molar-refractivity contribution in [1.29, 1.82) is 0 Å². The Labute approximate surface area is 115 Å². The number of aromatic nitrogens is 2. The summed E-state index contributed by atoms with van der Waals surface area (Å²) in [6.45, 7) is 2.15. The number of nitrogens with two attached hydrogens (primary N) is 1. The molecule has 0 saturated heterocycles. The normalized spacial score (nSPS) is 16.9. The van der Waals surface area contributed by atoms with Gasteiger partial charge in [0.1, 0.15) is 17.5 Å². The summed E-state index contributed by atoms with van der Waals surface area (Å²) >= 11 is 0. The molecule has 2 N–H and O–H groups in total. The van der Waals surface area contributed by atoms with Gasteiger partial charge in [-0.15, -0.1) is 0 Å². The molecule has 1 aliphatic heterocycles. The van der Waals surface area contributed by atoms with Crippen molar-refractivity contribution in [1.82, 2.24) is 14.5 Å². The van der Waals surface area contributed by atoms with Gasteiger partial charge in [0, 0.05) is 37.6 Å². The lowest BCUT2D eigenvalue weighted by Crippen LogP contribution is -2.40. The molecule has 0 aliphatic carbocycles. The lowest BCUT2D eigenvalue weighted by atomic mass is 10.0. The number of fused-ring (bicyclic) bond motifs is 1. The van der Waals surface area contributed by atoms with E-state index in [1.165, 1.54) is 18.2 Å². The molecule has 0 spiro atoms. The average molecular weight is 278 g/mol. The van der Waals surface area contributed by atoms with Crippen LogP contribution >= 0.6 is 0 Å². The summed E-state index contributed by atoms with van der Waals surface area (Å²) in [6, 6.07) is 3.43. The van der Waals surface area contributed by atoms with Gasteiger partial charge in [-0.1, -0.05) is 6.07 Å². The van der Waals surface area contributed by atoms with Crippen LogP contribution in [-0.2, 0) is 13.1 Å². The van der Waals surface area contributed by atoms with E-state index in [4.69, 9.17) is 5.73 Å². The van der Waals surface area contributed by atoms with Crippen molar-refractivity contribution < 1.29 is 8.78 Å². The fraction of sp³-hybridized carbons (Fsp3) is 0.357. The zero-order valence-electron chi connectivity index (χ0n) is 11.0. The van der Waals surface area contributed by atoms with Crippen LogP contribution in [0.5, 0.6) is 0 Å². The molecule has 1 atom stereocenters. The highest BCUT2D eigenvalue weighted by Crippen LogP contribution is 2.28. The van der Waals surface area contributed by atoms with E-state index in [0.29, 0.717) is 13.1 Å². The fourth-order valence-corrected chi connectivity index (χ4v) is 2.74. The summed E-state index contributed by atoms with van der Waals surface area (Å²) in [4.78, 5) is 6.23. The molecule has 20 heavy (non-hydrogen) atoms. The molecule has 3 rings (SSSR count). The first-order valence-corrected chi connectivity index (χ1v) is 6.58. The van der Waals surface area contributed by atoms with Crippen LogP contribution < -0.4 is 5.73 Å². The third-order valence-electron chi connectivity index (χ3n) is 3.77. The Balaban J connectivity index is 1.92. The van der Waals surface area contributed by atoms with Crippen molar-refractivity contribution in [2.45, 2.75) is 19.1 Å². The Morgan fingerprint density at radius 2 is 2.00 bits per heavy atom. The minimum Gasteiger partial charge on any atom is -0.333 e. The molecule has 0 radical (unpaired) electrons. The number of nitrogens with zero attached hydrogens (tertiary/aromatic N) is 3. The van der Waals surface area contributed by atoms with E-state index < -0.39 is 17.7 Å². The van der Waals surface area contributed by atoms with Gasteiger partial charge in [-0.2, -0.15) is 0 Å². The highest BCUT2D eigenvalue weighted by molar-refractivity contribution is 5.24. The van der Waals surface area contributed by atoms with Crippen LogP contribution in [0.1, 0.15) is 17.4 Å². The first-order chi connectivity index (χ1) is 9.70. The summed E-state index contributed by atoms with van der Waals surface area (Å²) in [5, 5.41) is 0. The van der Waals surface area contributed by atoms with E-state index in [0.717, 1.165) is 12.4 Å². The van der Waals surface area contributed by atoms with E-state index in [2.05, 4.69) is 4.98 Å². The Bertz CT molecular complexity index is 591. The molecule has 0 saturated carbocycles. The van der Waals surface area contributed by atoms with Crippen LogP contribution in [0.2, 0.25) is 0 Å². The monoisotopic (exact) mass is 278 g/mol. The Kier molecular flexibility index (Phi) is 3.50. The number of benzene rings is 1. The summed E-state index contributed by atoms with van der Waals surface area (Å²) in [5.74, 6) is -0.199. The summed E-state index contributed by atoms with van der Waals surface area (Å²) < 4.78 is 29.9. The molecule has 0 bridgehead atoms. The molecular formula is C14H16F2N4. The maximum absolute atomic E-state index is 13.9. The molecule has 1 aromatic carbocycles. The van der Waals surface area contributed by atoms with Crippen LogP contribution in [0.4, 0.5) is 8.78 Å². The van der Waals surface area contributed by atoms with E-state index in [9.17, 15) is 8.78 Å². The number of hydrogen-bond acceptors (Lipinski definition) is 3. The number of hydrogen-bond donors (Lipinski definition) is 1. The highest BCUT2D eigenvalue weighted by Gasteiger charge is 2.28. The van der Waals surface area contributed by atoms with Crippen molar-refractivity contribution in [3.63, 3.8) is 0 Å². The molecule has 0 fully saturated rings. The third-order valence-corrected chi connectivity index (χ3v) is 3.77. The summed E-state index contributed by atoms with van der Waals surface area (Å²) in [5.41, 5.74) is 5.82. The molecule has 2 heterocycles. The second-order valence-corrected chi connectivity index (χ2v) is 4.89. The van der Waals surface area contributed by atoms with Gasteiger partial charge in [0.25, 0.3) is 0 Å². The van der Waals surface area contributed by atoms with Gasteiger partial charge in [-0.25, -0.2) is 13.8 Å². The van der Waals surface area contributed by atoms with Gasteiger partial charge >= 0.3 is 0 Å². The van der Waals surface area contributed by atoms with E-state index >= 15 is 0 Å². The average Bonchev–Trinajstić information content (AvgIpc) is 2.90. The van der Waals surface area contributed by atoms with Crippen LogP contribution in [-0.4, -0.2) is 27.5 Å². The first-order valence-electron chi connectivity index (χ1n) is 6.58. The standard InChI is InChI=1S/C14H16F2N4/c15-10-2-1-3-11(16)14(10)12(8-17)20-7-6-19-5-4-18-13(19)9-20/h1-5,12H,6-9,17H2. The summed E-state index contributed by atoms with van der Waals surface area (Å²) in [6.07, 6.45) is 3.65. The van der Waals surface area contributed by atoms with Crippen molar-refractivity contribution in [3.8, 4) is 0 Å². The Morgan fingerprint density at radius 3 is 2.70 bits per heavy atom. The molecule has 1 aliphatic rings. The van der Waals surface area contributed by atoms with Gasteiger partial charge in [0.05, 0.1) is 12.6 Å². The predicted octanol–water partition coefficient (Wildman–Crippen LogP) is 1.68. The minimum atomic E-state index is -0.547. The van der Waals surface area contributed by atoms with E-state index in [1.54, 1.807) is 6.20 Å². The van der Waals surface area contributed by atoms with Crippen molar-refractivity contribution in [3.05, 3.63) is 53.6 Å². The van der Waals surface area contributed by atoms with E-state index in [1.807, 2.05) is 15.7 Å². The van der Waals surface area contributed by atoms with Crippen LogP contribution in [0, 0.1) is 11.6 Å². The zero-order chi connectivity index (χ0) is 14.1. The number of imidazole rings is 1. The molecule has 1 unspecified atom stereocenters. The van der Waals surface area contributed by atoms with Crippen LogP contribution in [0.25, 0.3) is 0 Å². The second-order valence-electron chi connectivity index (χ2n) is 4.89. The van der Waals surface area contributed by atoms with Crippen molar-refractivity contribution in [2.75, 3.05) is 13.1 Å². The quantitative estimate of drug-likeness (QED) is 0.929. The maximum atomic E-state index is 13.9. The molecule has 106 valence electrons. The SMILES string of the molecule is NCC(c1c(F)cccc1F)N1CCn2ccnc2C1. The molecule has 0 amide bonds. The Morgan fingerprint density at radius 1 is 1.25 bits per heavy atom. The van der Waals surface area contributed by atoms with Crippen LogP contribution in [0.3, 0.4) is 0 Å². The fourth-order valence-electron chi connectivity index (χ4n) is 2.74. The predicted molar refractivity (Wildman–Crippen MR) is 70.8 cm³/mol. The van der Waals surface area contributed by atoms with Crippen molar-refractivity contribution >= 4 is 0 Å².